The molecule has 0 aromatic heterocycles. The Morgan fingerprint density at radius 2 is 2.08 bits per heavy atom. The number of nitrogens with one attached hydrogen (secondary N) is 1. The minimum absolute atomic E-state index is 0.119. The second-order valence-corrected chi connectivity index (χ2v) is 6.38. The number of aromatic hydroxyl groups is 1. The normalized spacial score (nSPS) is 10.8. The third kappa shape index (κ3) is 4.87. The van der Waals surface area contributed by atoms with Crippen molar-refractivity contribution in [1.29, 1.82) is 0 Å². The summed E-state index contributed by atoms with van der Waals surface area (Å²) in [5.74, 6) is -0.521. The van der Waals surface area contributed by atoms with Crippen molar-refractivity contribution >= 4 is 33.7 Å². The number of hydrazone groups is 1. The Morgan fingerprint density at radius 3 is 2.76 bits per heavy atom. The summed E-state index contributed by atoms with van der Waals surface area (Å²) in [6, 6.07) is 8.20. The largest absolute Gasteiger partial charge is 0.506 e. The smallest absolute Gasteiger partial charge is 0.271 e. The maximum atomic E-state index is 12.0. The first kappa shape index (κ1) is 18.6. The van der Waals surface area contributed by atoms with Crippen molar-refractivity contribution in [1.82, 2.24) is 5.43 Å². The number of nitro groups is 1. The Bertz CT molecular complexity index is 865. The number of phenolic OH excluding ortho intramolecular Hbond substituents is 1. The molecule has 8 heteroatoms. The number of carbonyl (C=O) groups is 1. The van der Waals surface area contributed by atoms with Crippen LogP contribution in [0.15, 0.2) is 39.9 Å². The van der Waals surface area contributed by atoms with Crippen LogP contribution in [-0.4, -0.2) is 22.2 Å². The highest BCUT2D eigenvalue weighted by Gasteiger charge is 2.13. The summed E-state index contributed by atoms with van der Waals surface area (Å²) >= 11 is 3.04. The van der Waals surface area contributed by atoms with Gasteiger partial charge in [-0.25, -0.2) is 5.43 Å². The average Bonchev–Trinajstić information content (AvgIpc) is 2.54. The van der Waals surface area contributed by atoms with Crippen LogP contribution in [0.2, 0.25) is 0 Å². The van der Waals surface area contributed by atoms with Gasteiger partial charge < -0.3 is 5.11 Å². The molecule has 25 heavy (non-hydrogen) atoms. The molecular formula is C17H16BrN3O4. The highest BCUT2D eigenvalue weighted by Crippen LogP contribution is 2.31. The molecule has 1 amide bonds. The second kappa shape index (κ2) is 7.89. The van der Waals surface area contributed by atoms with Gasteiger partial charge >= 0.3 is 0 Å². The van der Waals surface area contributed by atoms with Gasteiger partial charge in [0.15, 0.2) is 0 Å². The molecule has 0 spiro atoms. The van der Waals surface area contributed by atoms with Gasteiger partial charge in [0.25, 0.3) is 5.69 Å². The molecule has 0 aliphatic carbocycles. The molecule has 2 aromatic carbocycles. The lowest BCUT2D eigenvalue weighted by atomic mass is 10.0. The number of carbonyl (C=O) groups excluding carboxylic acids is 1. The number of aryl methyl sites for hydroxylation is 2. The molecular weight excluding hydrogens is 390 g/mol. The number of benzene rings is 2. The van der Waals surface area contributed by atoms with Gasteiger partial charge in [-0.1, -0.05) is 23.8 Å². The summed E-state index contributed by atoms with van der Waals surface area (Å²) in [4.78, 5) is 22.3. The number of nitro benzene ring substituents is 1. The van der Waals surface area contributed by atoms with Crippen LogP contribution in [0.1, 0.15) is 22.3 Å². The third-order valence-corrected chi connectivity index (χ3v) is 4.14. The molecule has 2 N–H and O–H groups in total. The summed E-state index contributed by atoms with van der Waals surface area (Å²) in [6.07, 6.45) is 1.32. The zero-order chi connectivity index (χ0) is 18.6. The van der Waals surface area contributed by atoms with E-state index >= 15 is 0 Å². The van der Waals surface area contributed by atoms with E-state index < -0.39 is 4.92 Å². The van der Waals surface area contributed by atoms with E-state index in [9.17, 15) is 20.0 Å². The minimum Gasteiger partial charge on any atom is -0.506 e. The molecule has 0 saturated carbocycles. The van der Waals surface area contributed by atoms with Gasteiger partial charge in [0.05, 0.1) is 22.0 Å². The van der Waals surface area contributed by atoms with Gasteiger partial charge in [-0.3, -0.25) is 14.9 Å². The van der Waals surface area contributed by atoms with Gasteiger partial charge in [-0.15, -0.1) is 0 Å². The number of amides is 1. The molecule has 0 unspecified atom stereocenters. The summed E-state index contributed by atoms with van der Waals surface area (Å²) < 4.78 is 0.171. The molecule has 0 saturated heterocycles. The maximum absolute atomic E-state index is 12.0. The number of hydrogen-bond acceptors (Lipinski definition) is 5. The topological polar surface area (TPSA) is 105 Å². The van der Waals surface area contributed by atoms with Crippen LogP contribution >= 0.6 is 15.9 Å². The van der Waals surface area contributed by atoms with Crippen LogP contribution in [0, 0.1) is 24.0 Å². The Kier molecular flexibility index (Phi) is 5.87. The number of nitrogens with zero attached hydrogens (tertiary/aromatic N) is 2. The second-order valence-electron chi connectivity index (χ2n) is 5.52. The van der Waals surface area contributed by atoms with Crippen LogP contribution in [0.3, 0.4) is 0 Å². The van der Waals surface area contributed by atoms with E-state index in [0.29, 0.717) is 0 Å². The Hall–Kier alpha value is -2.74. The summed E-state index contributed by atoms with van der Waals surface area (Å²) in [6.45, 7) is 3.87. The van der Waals surface area contributed by atoms with E-state index in [1.54, 1.807) is 0 Å². The predicted octanol–water partition coefficient (Wildman–Crippen LogP) is 3.37. The van der Waals surface area contributed by atoms with Gasteiger partial charge in [0.1, 0.15) is 5.75 Å². The zero-order valence-electron chi connectivity index (χ0n) is 13.6. The van der Waals surface area contributed by atoms with Crippen molar-refractivity contribution < 1.29 is 14.8 Å². The minimum atomic E-state index is -0.583. The van der Waals surface area contributed by atoms with Gasteiger partial charge in [-0.05, 0) is 40.9 Å². The van der Waals surface area contributed by atoms with Crippen LogP contribution in [0.5, 0.6) is 5.75 Å². The van der Waals surface area contributed by atoms with Gasteiger partial charge in [-0.2, -0.15) is 5.10 Å². The standard InChI is InChI=1S/C17H16BrN3O4/c1-10-3-4-11(2)12(5-10)7-16(22)20-19-9-13-6-14(21(24)25)8-15(18)17(13)23/h3-6,8-9,23H,7H2,1-2H3,(H,20,22)/b19-9+. The molecule has 0 heterocycles. The Morgan fingerprint density at radius 1 is 1.36 bits per heavy atom. The quantitative estimate of drug-likeness (QED) is 0.451. The lowest BCUT2D eigenvalue weighted by Gasteiger charge is -2.06. The van der Waals surface area contributed by atoms with Crippen LogP contribution in [0.25, 0.3) is 0 Å². The molecule has 0 radical (unpaired) electrons. The summed E-state index contributed by atoms with van der Waals surface area (Å²) in [5, 5.41) is 24.5. The summed E-state index contributed by atoms with van der Waals surface area (Å²) in [5.41, 5.74) is 5.23. The number of phenols is 1. The first-order chi connectivity index (χ1) is 11.8. The molecule has 0 aliphatic heterocycles. The van der Waals surface area contributed by atoms with Gasteiger partial charge in [0, 0.05) is 17.7 Å². The number of rotatable bonds is 5. The van der Waals surface area contributed by atoms with E-state index in [0.717, 1.165) is 22.9 Å². The molecule has 2 aromatic rings. The molecule has 2 rings (SSSR count). The molecule has 130 valence electrons. The average molecular weight is 406 g/mol. The zero-order valence-corrected chi connectivity index (χ0v) is 15.2. The van der Waals surface area contributed by atoms with Crippen LogP contribution in [-0.2, 0) is 11.2 Å². The molecule has 7 nitrogen and oxygen atoms in total. The highest BCUT2D eigenvalue weighted by atomic mass is 79.9. The van der Waals surface area contributed by atoms with Crippen molar-refractivity contribution in [2.75, 3.05) is 0 Å². The van der Waals surface area contributed by atoms with Crippen molar-refractivity contribution in [2.24, 2.45) is 5.10 Å². The van der Waals surface area contributed by atoms with Crippen molar-refractivity contribution in [3.8, 4) is 5.75 Å². The molecule has 0 atom stereocenters. The van der Waals surface area contributed by atoms with Crippen molar-refractivity contribution in [3.63, 3.8) is 0 Å². The lowest BCUT2D eigenvalue weighted by Crippen LogP contribution is -2.20. The van der Waals surface area contributed by atoms with Gasteiger partial charge in [0.2, 0.25) is 5.91 Å². The fourth-order valence-electron chi connectivity index (χ4n) is 2.19. The Labute approximate surface area is 152 Å². The highest BCUT2D eigenvalue weighted by molar-refractivity contribution is 9.10. The van der Waals surface area contributed by atoms with Crippen LogP contribution in [0.4, 0.5) is 5.69 Å². The summed E-state index contributed by atoms with van der Waals surface area (Å²) in [7, 11) is 0. The van der Waals surface area contributed by atoms with E-state index in [1.165, 1.54) is 12.1 Å². The maximum Gasteiger partial charge on any atom is 0.271 e. The number of halogens is 1. The molecule has 0 bridgehead atoms. The lowest BCUT2D eigenvalue weighted by molar-refractivity contribution is -0.385. The van der Waals surface area contributed by atoms with E-state index in [2.05, 4.69) is 26.5 Å². The molecule has 0 aliphatic rings. The first-order valence-corrected chi connectivity index (χ1v) is 8.12. The van der Waals surface area contributed by atoms with E-state index in [-0.39, 0.29) is 33.8 Å². The third-order valence-electron chi connectivity index (χ3n) is 3.54. The predicted molar refractivity (Wildman–Crippen MR) is 97.8 cm³/mol. The monoisotopic (exact) mass is 405 g/mol. The fraction of sp³-hybridized carbons (Fsp3) is 0.176. The SMILES string of the molecule is Cc1ccc(C)c(CC(=O)N/N=C/c2cc([N+](=O)[O-])cc(Br)c2O)c1. The number of hydrogen-bond donors (Lipinski definition) is 2. The Balaban J connectivity index is 2.09. The van der Waals surface area contributed by atoms with Crippen molar-refractivity contribution in [2.45, 2.75) is 20.3 Å². The van der Waals surface area contributed by atoms with E-state index in [1.807, 2.05) is 32.0 Å². The van der Waals surface area contributed by atoms with Crippen molar-refractivity contribution in [3.05, 3.63) is 67.2 Å². The number of non-ortho nitro benzene ring substituents is 1. The van der Waals surface area contributed by atoms with Crippen LogP contribution < -0.4 is 5.43 Å². The van der Waals surface area contributed by atoms with E-state index in [4.69, 9.17) is 0 Å². The first-order valence-electron chi connectivity index (χ1n) is 7.33. The fourth-order valence-corrected chi connectivity index (χ4v) is 2.65. The molecule has 0 fully saturated rings.